The third-order valence-corrected chi connectivity index (χ3v) is 3.85. The van der Waals surface area contributed by atoms with Crippen molar-refractivity contribution in [3.63, 3.8) is 0 Å². The summed E-state index contributed by atoms with van der Waals surface area (Å²) in [6.07, 6.45) is 2.68. The maximum atomic E-state index is 6.04. The molecule has 0 saturated carbocycles. The van der Waals surface area contributed by atoms with Crippen molar-refractivity contribution in [3.8, 4) is 5.75 Å². The molecular formula is C15H23ClN2O. The molecule has 1 aliphatic heterocycles. The van der Waals surface area contributed by atoms with Crippen molar-refractivity contribution in [2.45, 2.75) is 32.4 Å². The molecule has 0 aromatic heterocycles. The first-order chi connectivity index (χ1) is 9.19. The van der Waals surface area contributed by atoms with Crippen LogP contribution in [0.25, 0.3) is 0 Å². The predicted molar refractivity (Wildman–Crippen MR) is 80.0 cm³/mol. The van der Waals surface area contributed by atoms with E-state index < -0.39 is 0 Å². The molecule has 106 valence electrons. The first kappa shape index (κ1) is 14.6. The lowest BCUT2D eigenvalue weighted by Gasteiger charge is -2.21. The molecule has 0 spiro atoms. The zero-order valence-electron chi connectivity index (χ0n) is 11.8. The number of nitrogens with one attached hydrogen (secondary N) is 1. The highest BCUT2D eigenvalue weighted by atomic mass is 35.5. The Morgan fingerprint density at radius 3 is 2.79 bits per heavy atom. The molecule has 0 aliphatic carbocycles. The fourth-order valence-corrected chi connectivity index (χ4v) is 2.78. The molecule has 19 heavy (non-hydrogen) atoms. The van der Waals surface area contributed by atoms with Gasteiger partial charge in [0.1, 0.15) is 5.75 Å². The Morgan fingerprint density at radius 1 is 1.37 bits per heavy atom. The van der Waals surface area contributed by atoms with Gasteiger partial charge in [0.05, 0.1) is 7.11 Å². The molecule has 4 heteroatoms. The largest absolute Gasteiger partial charge is 0.496 e. The van der Waals surface area contributed by atoms with Gasteiger partial charge in [0.15, 0.2) is 0 Å². The van der Waals surface area contributed by atoms with E-state index in [9.17, 15) is 0 Å². The fourth-order valence-electron chi connectivity index (χ4n) is 2.59. The van der Waals surface area contributed by atoms with Crippen LogP contribution in [-0.4, -0.2) is 37.7 Å². The maximum absolute atomic E-state index is 6.04. The third-order valence-electron chi connectivity index (χ3n) is 3.61. The van der Waals surface area contributed by atoms with Gasteiger partial charge >= 0.3 is 0 Å². The van der Waals surface area contributed by atoms with Gasteiger partial charge in [-0.2, -0.15) is 0 Å². The standard InChI is InChI=1S/C15H23ClN2O/c1-12(11-18-7-3-4-8-18)17-10-13-9-14(16)5-6-15(13)19-2/h5-6,9,12,17H,3-4,7-8,10-11H2,1-2H3. The van der Waals surface area contributed by atoms with Crippen molar-refractivity contribution in [1.82, 2.24) is 10.2 Å². The zero-order chi connectivity index (χ0) is 13.7. The molecule has 1 aliphatic rings. The number of halogens is 1. The molecule has 2 rings (SSSR count). The van der Waals surface area contributed by atoms with Crippen LogP contribution in [0.1, 0.15) is 25.3 Å². The predicted octanol–water partition coefficient (Wildman–Crippen LogP) is 2.92. The van der Waals surface area contributed by atoms with Crippen LogP contribution in [0, 0.1) is 0 Å². The van der Waals surface area contributed by atoms with Crippen LogP contribution >= 0.6 is 11.6 Å². The zero-order valence-corrected chi connectivity index (χ0v) is 12.5. The van der Waals surface area contributed by atoms with Gasteiger partial charge in [-0.15, -0.1) is 0 Å². The second-order valence-corrected chi connectivity index (χ2v) is 5.68. The number of hydrogen-bond acceptors (Lipinski definition) is 3. The normalized spacial score (nSPS) is 17.6. The molecule has 1 atom stereocenters. The minimum atomic E-state index is 0.474. The van der Waals surface area contributed by atoms with Crippen LogP contribution in [0.4, 0.5) is 0 Å². The number of rotatable bonds is 6. The van der Waals surface area contributed by atoms with Gasteiger partial charge in [0.2, 0.25) is 0 Å². The van der Waals surface area contributed by atoms with Crippen LogP contribution in [0.5, 0.6) is 5.75 Å². The lowest BCUT2D eigenvalue weighted by atomic mass is 10.2. The third kappa shape index (κ3) is 4.37. The summed E-state index contributed by atoms with van der Waals surface area (Å²) in [5.74, 6) is 0.894. The lowest BCUT2D eigenvalue weighted by Crippen LogP contribution is -2.37. The van der Waals surface area contributed by atoms with E-state index in [1.54, 1.807) is 7.11 Å². The fraction of sp³-hybridized carbons (Fsp3) is 0.600. The average molecular weight is 283 g/mol. The molecule has 3 nitrogen and oxygen atoms in total. The number of nitrogens with zero attached hydrogens (tertiary/aromatic N) is 1. The number of ether oxygens (including phenoxy) is 1. The van der Waals surface area contributed by atoms with Gasteiger partial charge in [-0.25, -0.2) is 0 Å². The minimum Gasteiger partial charge on any atom is -0.496 e. The van der Waals surface area contributed by atoms with Crippen molar-refractivity contribution in [2.75, 3.05) is 26.7 Å². The summed E-state index contributed by atoms with van der Waals surface area (Å²) in [7, 11) is 1.69. The van der Waals surface area contributed by atoms with E-state index in [4.69, 9.17) is 16.3 Å². The molecule has 1 fully saturated rings. The Bertz CT molecular complexity index is 405. The first-order valence-corrected chi connectivity index (χ1v) is 7.35. The molecule has 1 heterocycles. The van der Waals surface area contributed by atoms with Crippen LogP contribution in [0.15, 0.2) is 18.2 Å². The highest BCUT2D eigenvalue weighted by Gasteiger charge is 2.14. The highest BCUT2D eigenvalue weighted by Crippen LogP contribution is 2.22. The monoisotopic (exact) mass is 282 g/mol. The number of benzene rings is 1. The van der Waals surface area contributed by atoms with E-state index >= 15 is 0 Å². The Kier molecular flexibility index (Phi) is 5.49. The van der Waals surface area contributed by atoms with Crippen molar-refractivity contribution < 1.29 is 4.74 Å². The van der Waals surface area contributed by atoms with Crippen LogP contribution in [0.2, 0.25) is 5.02 Å². The van der Waals surface area contributed by atoms with Crippen molar-refractivity contribution in [1.29, 1.82) is 0 Å². The SMILES string of the molecule is COc1ccc(Cl)cc1CNC(C)CN1CCCC1. The summed E-state index contributed by atoms with van der Waals surface area (Å²) < 4.78 is 5.36. The summed E-state index contributed by atoms with van der Waals surface area (Å²) in [6, 6.07) is 6.22. The van der Waals surface area contributed by atoms with Gasteiger partial charge in [-0.3, -0.25) is 0 Å². The Balaban J connectivity index is 1.85. The maximum Gasteiger partial charge on any atom is 0.123 e. The summed E-state index contributed by atoms with van der Waals surface area (Å²) in [6.45, 7) is 6.62. The number of hydrogen-bond donors (Lipinski definition) is 1. The smallest absolute Gasteiger partial charge is 0.123 e. The van der Waals surface area contributed by atoms with Crippen molar-refractivity contribution >= 4 is 11.6 Å². The molecule has 1 unspecified atom stereocenters. The van der Waals surface area contributed by atoms with Crippen LogP contribution in [0.3, 0.4) is 0 Å². The summed E-state index contributed by atoms with van der Waals surface area (Å²) in [4.78, 5) is 2.52. The Morgan fingerprint density at radius 2 is 2.11 bits per heavy atom. The van der Waals surface area contributed by atoms with Gasteiger partial charge in [0, 0.05) is 29.7 Å². The number of methoxy groups -OCH3 is 1. The molecule has 0 bridgehead atoms. The quantitative estimate of drug-likeness (QED) is 0.868. The Labute approximate surface area is 120 Å². The molecule has 0 amide bonds. The van der Waals surface area contributed by atoms with E-state index in [2.05, 4.69) is 17.1 Å². The molecule has 0 radical (unpaired) electrons. The second kappa shape index (κ2) is 7.13. The topological polar surface area (TPSA) is 24.5 Å². The van der Waals surface area contributed by atoms with Gasteiger partial charge in [-0.05, 0) is 51.1 Å². The van der Waals surface area contributed by atoms with E-state index in [-0.39, 0.29) is 0 Å². The minimum absolute atomic E-state index is 0.474. The van der Waals surface area contributed by atoms with E-state index in [1.807, 2.05) is 18.2 Å². The molecule has 1 aromatic rings. The lowest BCUT2D eigenvalue weighted by molar-refractivity contribution is 0.297. The van der Waals surface area contributed by atoms with E-state index in [1.165, 1.54) is 25.9 Å². The van der Waals surface area contributed by atoms with Crippen molar-refractivity contribution in [2.24, 2.45) is 0 Å². The Hall–Kier alpha value is -0.770. The second-order valence-electron chi connectivity index (χ2n) is 5.25. The number of likely N-dealkylation sites (tertiary alicyclic amines) is 1. The average Bonchev–Trinajstić information content (AvgIpc) is 2.89. The molecule has 1 aromatic carbocycles. The molecular weight excluding hydrogens is 260 g/mol. The van der Waals surface area contributed by atoms with Gasteiger partial charge < -0.3 is 15.0 Å². The first-order valence-electron chi connectivity index (χ1n) is 6.97. The molecule has 1 saturated heterocycles. The summed E-state index contributed by atoms with van der Waals surface area (Å²) >= 11 is 6.04. The van der Waals surface area contributed by atoms with Crippen LogP contribution < -0.4 is 10.1 Å². The van der Waals surface area contributed by atoms with Crippen molar-refractivity contribution in [3.05, 3.63) is 28.8 Å². The van der Waals surface area contributed by atoms with E-state index in [0.717, 1.165) is 29.4 Å². The summed E-state index contributed by atoms with van der Waals surface area (Å²) in [5.41, 5.74) is 1.11. The summed E-state index contributed by atoms with van der Waals surface area (Å²) in [5, 5.41) is 4.30. The molecule has 1 N–H and O–H groups in total. The highest BCUT2D eigenvalue weighted by molar-refractivity contribution is 6.30. The van der Waals surface area contributed by atoms with Gasteiger partial charge in [-0.1, -0.05) is 11.6 Å². The van der Waals surface area contributed by atoms with Gasteiger partial charge in [0.25, 0.3) is 0 Å². The van der Waals surface area contributed by atoms with E-state index in [0.29, 0.717) is 6.04 Å². The van der Waals surface area contributed by atoms with Crippen LogP contribution in [-0.2, 0) is 6.54 Å².